The van der Waals surface area contributed by atoms with E-state index in [4.69, 9.17) is 0 Å². The van der Waals surface area contributed by atoms with E-state index in [2.05, 4.69) is 243 Å². The van der Waals surface area contributed by atoms with Gasteiger partial charge >= 0.3 is 0 Å². The van der Waals surface area contributed by atoms with Gasteiger partial charge in [-0.25, -0.2) is 0 Å². The zero-order valence-electron chi connectivity index (χ0n) is 36.1. The van der Waals surface area contributed by atoms with Gasteiger partial charge in [0.1, 0.15) is 0 Å². The lowest BCUT2D eigenvalue weighted by atomic mass is 9.87. The van der Waals surface area contributed by atoms with Crippen molar-refractivity contribution in [1.82, 2.24) is 0 Å². The van der Waals surface area contributed by atoms with Crippen LogP contribution >= 0.6 is 0 Å². The molecule has 0 saturated heterocycles. The predicted octanol–water partition coefficient (Wildman–Crippen LogP) is 18.6. The highest BCUT2D eigenvalue weighted by Crippen LogP contribution is 2.54. The van der Waals surface area contributed by atoms with Gasteiger partial charge in [-0.2, -0.15) is 0 Å². The second-order valence-electron chi connectivity index (χ2n) is 17.8. The molecule has 14 rings (SSSR count). The maximum Gasteiger partial charge on any atom is -0.00134 e. The molecule has 0 unspecified atom stereocenters. The van der Waals surface area contributed by atoms with Gasteiger partial charge in [-0.1, -0.05) is 231 Å². The second-order valence-corrected chi connectivity index (χ2v) is 17.8. The van der Waals surface area contributed by atoms with Crippen LogP contribution in [0, 0.1) is 0 Å². The molecule has 0 atom stereocenters. The van der Waals surface area contributed by atoms with Crippen molar-refractivity contribution in [3.8, 4) is 66.8 Å². The summed E-state index contributed by atoms with van der Waals surface area (Å²) in [7, 11) is 0. The first-order valence-electron chi connectivity index (χ1n) is 23.0. The number of fused-ring (bicyclic) bond motifs is 9. The van der Waals surface area contributed by atoms with E-state index in [1.807, 2.05) is 0 Å². The van der Waals surface area contributed by atoms with E-state index in [-0.39, 0.29) is 0 Å². The van der Waals surface area contributed by atoms with E-state index < -0.39 is 0 Å². The van der Waals surface area contributed by atoms with Gasteiger partial charge in [0.15, 0.2) is 0 Å². The molecule has 14 aromatic rings. The largest absolute Gasteiger partial charge is 0.0622 e. The maximum absolute atomic E-state index is 2.55. The Bertz CT molecular complexity index is 4170. The van der Waals surface area contributed by atoms with Crippen LogP contribution in [0.15, 0.2) is 243 Å². The van der Waals surface area contributed by atoms with Crippen molar-refractivity contribution in [2.75, 3.05) is 0 Å². The molecule has 0 N–H and O–H groups in total. The highest BCUT2D eigenvalue weighted by atomic mass is 14.3. The molecule has 0 aliphatic heterocycles. The topological polar surface area (TPSA) is 0 Å². The Morgan fingerprint density at radius 2 is 0.424 bits per heavy atom. The van der Waals surface area contributed by atoms with Crippen molar-refractivity contribution >= 4 is 75.4 Å². The summed E-state index contributed by atoms with van der Waals surface area (Å²) in [4.78, 5) is 0. The zero-order valence-corrected chi connectivity index (χ0v) is 36.1. The third-order valence-corrected chi connectivity index (χ3v) is 14.4. The van der Waals surface area contributed by atoms with Crippen LogP contribution in [0.5, 0.6) is 0 Å². The van der Waals surface area contributed by atoms with Crippen molar-refractivity contribution in [3.63, 3.8) is 0 Å². The third kappa shape index (κ3) is 5.33. The molecule has 14 aromatic carbocycles. The van der Waals surface area contributed by atoms with E-state index >= 15 is 0 Å². The fourth-order valence-corrected chi connectivity index (χ4v) is 11.6. The van der Waals surface area contributed by atoms with Gasteiger partial charge in [-0.15, -0.1) is 0 Å². The molecule has 0 spiro atoms. The van der Waals surface area contributed by atoms with E-state index in [1.165, 1.54) is 142 Å². The van der Waals surface area contributed by atoms with E-state index in [0.29, 0.717) is 0 Å². The van der Waals surface area contributed by atoms with Crippen LogP contribution in [0.3, 0.4) is 0 Å². The Hall–Kier alpha value is -8.58. The first-order valence-corrected chi connectivity index (χ1v) is 23.0. The van der Waals surface area contributed by atoms with E-state index in [1.54, 1.807) is 0 Å². The maximum atomic E-state index is 2.55. The fourth-order valence-electron chi connectivity index (χ4n) is 11.6. The van der Waals surface area contributed by atoms with Crippen molar-refractivity contribution in [3.05, 3.63) is 243 Å². The van der Waals surface area contributed by atoms with Crippen LogP contribution in [0.25, 0.3) is 142 Å². The molecule has 0 radical (unpaired) electrons. The lowest BCUT2D eigenvalue weighted by Gasteiger charge is -2.16. The molecule has 0 bridgehead atoms. The number of benzene rings is 12. The fraction of sp³-hybridized carbons (Fsp3) is 0. The zero-order chi connectivity index (χ0) is 43.3. The van der Waals surface area contributed by atoms with Gasteiger partial charge in [0, 0.05) is 0 Å². The minimum Gasteiger partial charge on any atom is -0.0622 e. The van der Waals surface area contributed by atoms with Gasteiger partial charge in [0.2, 0.25) is 0 Å². The molecule has 0 amide bonds. The summed E-state index contributed by atoms with van der Waals surface area (Å²) in [6, 6.07) is 90.2. The molecule has 0 aliphatic rings. The summed E-state index contributed by atoms with van der Waals surface area (Å²) in [5.74, 6) is 0. The molecule has 0 aliphatic carbocycles. The van der Waals surface area contributed by atoms with Gasteiger partial charge in [0.05, 0.1) is 0 Å². The SMILES string of the molecule is c1ccc(-c2ccccc2-c2ccc(-c3ccccc3-c3ccccc3)c3c4cc5c(cc6c7c(-c8ccccc8)ccc(-c8ccccc8)c7c7cccc5c76)c5cccc(c23)c54)cc1. The first-order chi connectivity index (χ1) is 32.8. The monoisotopic (exact) mass is 832 g/mol. The number of hydrogen-bond acceptors (Lipinski definition) is 0. The molecule has 304 valence electrons. The number of rotatable bonds is 6. The molecule has 0 saturated carbocycles. The summed E-state index contributed by atoms with van der Waals surface area (Å²) >= 11 is 0. The van der Waals surface area contributed by atoms with Crippen molar-refractivity contribution in [1.29, 1.82) is 0 Å². The Balaban J connectivity index is 1.16. The lowest BCUT2D eigenvalue weighted by Crippen LogP contribution is -1.89. The summed E-state index contributed by atoms with van der Waals surface area (Å²) in [6.07, 6.45) is 0. The predicted molar refractivity (Wildman–Crippen MR) is 284 cm³/mol. The van der Waals surface area contributed by atoms with Crippen molar-refractivity contribution < 1.29 is 0 Å². The van der Waals surface area contributed by atoms with E-state index in [0.717, 1.165) is 0 Å². The Kier molecular flexibility index (Phi) is 8.08. The van der Waals surface area contributed by atoms with Crippen LogP contribution in [0.4, 0.5) is 0 Å². The van der Waals surface area contributed by atoms with Gasteiger partial charge in [0.25, 0.3) is 0 Å². The van der Waals surface area contributed by atoms with E-state index in [9.17, 15) is 0 Å². The third-order valence-electron chi connectivity index (χ3n) is 14.4. The molecule has 0 heteroatoms. The molecule has 0 heterocycles. The van der Waals surface area contributed by atoms with Crippen LogP contribution in [-0.2, 0) is 0 Å². The van der Waals surface area contributed by atoms with Crippen molar-refractivity contribution in [2.45, 2.75) is 0 Å². The molecule has 0 fully saturated rings. The van der Waals surface area contributed by atoms with Crippen LogP contribution in [0.1, 0.15) is 0 Å². The second kappa shape index (κ2) is 14.5. The summed E-state index contributed by atoms with van der Waals surface area (Å²) in [6.45, 7) is 0. The normalized spacial score (nSPS) is 11.9. The lowest BCUT2D eigenvalue weighted by molar-refractivity contribution is 1.59. The molecular formula is C66H40. The summed E-state index contributed by atoms with van der Waals surface area (Å²) in [5.41, 5.74) is 14.9. The summed E-state index contributed by atoms with van der Waals surface area (Å²) in [5, 5.41) is 18.3. The molecule has 66 heavy (non-hydrogen) atoms. The average Bonchev–Trinajstić information content (AvgIpc) is 3.91. The first kappa shape index (κ1) is 36.9. The highest BCUT2D eigenvalue weighted by molar-refractivity contribution is 6.44. The van der Waals surface area contributed by atoms with Crippen LogP contribution in [-0.4, -0.2) is 0 Å². The van der Waals surface area contributed by atoms with Crippen molar-refractivity contribution in [2.24, 2.45) is 0 Å². The van der Waals surface area contributed by atoms with Crippen LogP contribution < -0.4 is 0 Å². The van der Waals surface area contributed by atoms with Gasteiger partial charge in [-0.05, 0) is 154 Å². The standard InChI is InChI=1S/C66H40/c1-5-19-41(20-6-1)45-27-13-15-29-49(45)53-37-38-54(50-30-16-14-28-46(50)42-21-7-2-8-22-42)66-60-40-58-51-31-17-33-55-61(51)59(39-57(58)52-32-18-34-56(62(52)60)65(53)66)64-48(44-25-11-4-12-26-44)36-35-47(63(55)64)43-23-9-3-10-24-43/h1-40H. The average molecular weight is 833 g/mol. The molecular weight excluding hydrogens is 793 g/mol. The van der Waals surface area contributed by atoms with Crippen LogP contribution in [0.2, 0.25) is 0 Å². The Morgan fingerprint density at radius 3 is 0.833 bits per heavy atom. The Labute approximate surface area is 383 Å². The minimum absolute atomic E-state index is 1.22. The smallest absolute Gasteiger partial charge is 0.00134 e. The highest BCUT2D eigenvalue weighted by Gasteiger charge is 2.26. The molecule has 0 aromatic heterocycles. The van der Waals surface area contributed by atoms with Gasteiger partial charge < -0.3 is 0 Å². The minimum atomic E-state index is 1.22. The molecule has 0 nitrogen and oxygen atoms in total. The quantitative estimate of drug-likeness (QED) is 0.146. The van der Waals surface area contributed by atoms with Gasteiger partial charge in [-0.3, -0.25) is 0 Å². The Morgan fingerprint density at radius 1 is 0.136 bits per heavy atom. The number of hydrogen-bond donors (Lipinski definition) is 0. The summed E-state index contributed by atoms with van der Waals surface area (Å²) < 4.78 is 0.